The first-order chi connectivity index (χ1) is 16.4. The first-order valence-electron chi connectivity index (χ1n) is 11.5. The van der Waals surface area contributed by atoms with Crippen molar-refractivity contribution < 1.29 is 17.4 Å². The predicted octanol–water partition coefficient (Wildman–Crippen LogP) is 6.68. The van der Waals surface area contributed by atoms with Crippen LogP contribution < -0.4 is 4.18 Å². The van der Waals surface area contributed by atoms with Gasteiger partial charge in [0, 0.05) is 17.1 Å². The van der Waals surface area contributed by atoms with Gasteiger partial charge in [0.15, 0.2) is 0 Å². The van der Waals surface area contributed by atoms with Gasteiger partial charge in [0.2, 0.25) is 11.7 Å². The van der Waals surface area contributed by atoms with Crippen LogP contribution in [0.1, 0.15) is 72.4 Å². The van der Waals surface area contributed by atoms with Crippen LogP contribution in [0, 0.1) is 20.8 Å². The zero-order chi connectivity index (χ0) is 26.1. The van der Waals surface area contributed by atoms with E-state index in [4.69, 9.17) is 15.8 Å². The SMILES string of the molecule is CCCn1nc(C)c(C(=O)c2ccc(Cl)c(C(C)=C(C)C)c2C)c1OS(=O)(=O)c1ccc(C)cc1. The molecule has 0 aliphatic heterocycles. The zero-order valence-electron chi connectivity index (χ0n) is 21.2. The Hall–Kier alpha value is -2.90. The third kappa shape index (κ3) is 5.36. The van der Waals surface area contributed by atoms with Crippen molar-refractivity contribution in [2.24, 2.45) is 0 Å². The number of carbonyl (C=O) groups excluding carboxylic acids is 1. The molecule has 0 amide bonds. The first-order valence-corrected chi connectivity index (χ1v) is 13.2. The molecule has 0 spiro atoms. The Balaban J connectivity index is 2.18. The molecule has 0 unspecified atom stereocenters. The van der Waals surface area contributed by atoms with Crippen LogP contribution in [0.2, 0.25) is 5.02 Å². The summed E-state index contributed by atoms with van der Waals surface area (Å²) in [5.74, 6) is -0.444. The van der Waals surface area contributed by atoms with Crippen LogP contribution in [-0.2, 0) is 16.7 Å². The third-order valence-electron chi connectivity index (χ3n) is 6.03. The van der Waals surface area contributed by atoms with E-state index in [2.05, 4.69) is 5.10 Å². The van der Waals surface area contributed by atoms with Crippen molar-refractivity contribution in [2.45, 2.75) is 66.3 Å². The van der Waals surface area contributed by atoms with Crippen molar-refractivity contribution in [3.05, 3.63) is 80.5 Å². The van der Waals surface area contributed by atoms with Crippen molar-refractivity contribution in [1.29, 1.82) is 0 Å². The number of nitrogens with zero attached hydrogens (tertiary/aromatic N) is 2. The fraction of sp³-hybridized carbons (Fsp3) is 0.333. The molecule has 3 aromatic rings. The number of halogens is 1. The molecule has 0 aliphatic carbocycles. The van der Waals surface area contributed by atoms with Crippen LogP contribution in [0.15, 0.2) is 46.9 Å². The van der Waals surface area contributed by atoms with Crippen LogP contribution in [0.3, 0.4) is 0 Å². The summed E-state index contributed by atoms with van der Waals surface area (Å²) >= 11 is 6.50. The van der Waals surface area contributed by atoms with Crippen molar-refractivity contribution in [1.82, 2.24) is 9.78 Å². The Bertz CT molecular complexity index is 1410. The second-order valence-electron chi connectivity index (χ2n) is 8.89. The van der Waals surface area contributed by atoms with Gasteiger partial charge in [-0.2, -0.15) is 13.5 Å². The molecule has 186 valence electrons. The lowest BCUT2D eigenvalue weighted by atomic mass is 9.91. The molecule has 0 saturated heterocycles. The molecule has 3 rings (SSSR count). The Kier molecular flexibility index (Phi) is 7.92. The standard InChI is InChI=1S/C27H31ClN2O4S/c1-8-15-30-27(34-35(32,33)21-11-9-17(4)10-12-21)25(20(7)29-30)26(31)22-13-14-23(28)24(19(22)6)18(5)16(2)3/h9-14H,8,15H2,1-7H3. The molecule has 1 aromatic heterocycles. The van der Waals surface area contributed by atoms with E-state index < -0.39 is 10.1 Å². The number of allylic oxidation sites excluding steroid dienone is 2. The van der Waals surface area contributed by atoms with Crippen molar-refractivity contribution in [3.8, 4) is 5.88 Å². The minimum atomic E-state index is -4.19. The van der Waals surface area contributed by atoms with Gasteiger partial charge in [-0.1, -0.05) is 41.8 Å². The highest BCUT2D eigenvalue weighted by molar-refractivity contribution is 7.87. The second-order valence-corrected chi connectivity index (χ2v) is 10.8. The molecule has 0 N–H and O–H groups in total. The monoisotopic (exact) mass is 514 g/mol. The van der Waals surface area contributed by atoms with Gasteiger partial charge in [-0.05, 0) is 88.9 Å². The van der Waals surface area contributed by atoms with Gasteiger partial charge in [0.25, 0.3) is 0 Å². The molecule has 0 saturated carbocycles. The average Bonchev–Trinajstić information content (AvgIpc) is 3.07. The minimum absolute atomic E-state index is 0.00698. The van der Waals surface area contributed by atoms with Gasteiger partial charge in [0.05, 0.1) is 5.69 Å². The lowest BCUT2D eigenvalue weighted by Crippen LogP contribution is -2.16. The lowest BCUT2D eigenvalue weighted by molar-refractivity contribution is 0.103. The van der Waals surface area contributed by atoms with E-state index >= 15 is 0 Å². The number of aromatic nitrogens is 2. The summed E-state index contributed by atoms with van der Waals surface area (Å²) in [6, 6.07) is 9.71. The van der Waals surface area contributed by atoms with E-state index in [1.165, 1.54) is 16.8 Å². The van der Waals surface area contributed by atoms with Crippen molar-refractivity contribution >= 4 is 33.1 Å². The minimum Gasteiger partial charge on any atom is -0.358 e. The maximum Gasteiger partial charge on any atom is 0.340 e. The fourth-order valence-electron chi connectivity index (χ4n) is 3.90. The number of aryl methyl sites for hydroxylation is 3. The van der Waals surface area contributed by atoms with Crippen LogP contribution in [0.5, 0.6) is 5.88 Å². The smallest absolute Gasteiger partial charge is 0.340 e. The van der Waals surface area contributed by atoms with E-state index in [-0.39, 0.29) is 22.1 Å². The Morgan fingerprint density at radius 1 is 1.00 bits per heavy atom. The van der Waals surface area contributed by atoms with Gasteiger partial charge in [-0.3, -0.25) is 4.79 Å². The van der Waals surface area contributed by atoms with Crippen LogP contribution in [0.25, 0.3) is 5.57 Å². The number of hydrogen-bond acceptors (Lipinski definition) is 5. The molecular formula is C27H31ClN2O4S. The molecule has 35 heavy (non-hydrogen) atoms. The van der Waals surface area contributed by atoms with Crippen molar-refractivity contribution in [2.75, 3.05) is 0 Å². The highest BCUT2D eigenvalue weighted by atomic mass is 35.5. The zero-order valence-corrected chi connectivity index (χ0v) is 22.8. The summed E-state index contributed by atoms with van der Waals surface area (Å²) in [6.07, 6.45) is 0.680. The van der Waals surface area contributed by atoms with Gasteiger partial charge in [-0.25, -0.2) is 4.68 Å². The van der Waals surface area contributed by atoms with Crippen LogP contribution >= 0.6 is 11.6 Å². The van der Waals surface area contributed by atoms with E-state index in [9.17, 15) is 13.2 Å². The Morgan fingerprint density at radius 3 is 2.20 bits per heavy atom. The molecular weight excluding hydrogens is 484 g/mol. The molecule has 1 heterocycles. The summed E-state index contributed by atoms with van der Waals surface area (Å²) in [5.41, 5.74) is 5.45. The fourth-order valence-corrected chi connectivity index (χ4v) is 5.19. The van der Waals surface area contributed by atoms with E-state index in [1.54, 1.807) is 31.2 Å². The summed E-state index contributed by atoms with van der Waals surface area (Å²) in [6.45, 7) is 13.7. The number of benzene rings is 2. The quantitative estimate of drug-likeness (QED) is 0.247. The molecule has 0 atom stereocenters. The average molecular weight is 515 g/mol. The Labute approximate surface area is 212 Å². The number of carbonyl (C=O) groups is 1. The highest BCUT2D eigenvalue weighted by Crippen LogP contribution is 2.35. The van der Waals surface area contributed by atoms with Gasteiger partial charge < -0.3 is 4.18 Å². The number of hydrogen-bond donors (Lipinski definition) is 0. The molecule has 0 radical (unpaired) electrons. The molecule has 8 heteroatoms. The van der Waals surface area contributed by atoms with Gasteiger partial charge in [0.1, 0.15) is 10.5 Å². The summed E-state index contributed by atoms with van der Waals surface area (Å²) in [4.78, 5) is 13.9. The number of ketones is 1. The molecule has 6 nitrogen and oxygen atoms in total. The first kappa shape index (κ1) is 26.7. The van der Waals surface area contributed by atoms with E-state index in [0.29, 0.717) is 29.2 Å². The van der Waals surface area contributed by atoms with Gasteiger partial charge in [-0.15, -0.1) is 0 Å². The lowest BCUT2D eigenvalue weighted by Gasteiger charge is -2.15. The number of rotatable bonds is 8. The van der Waals surface area contributed by atoms with Crippen molar-refractivity contribution in [3.63, 3.8) is 0 Å². The highest BCUT2D eigenvalue weighted by Gasteiger charge is 2.30. The van der Waals surface area contributed by atoms with Crippen LogP contribution in [-0.4, -0.2) is 24.0 Å². The predicted molar refractivity (Wildman–Crippen MR) is 140 cm³/mol. The molecule has 0 fully saturated rings. The van der Waals surface area contributed by atoms with Crippen LogP contribution in [0.4, 0.5) is 0 Å². The third-order valence-corrected chi connectivity index (χ3v) is 7.57. The molecule has 0 aliphatic rings. The topological polar surface area (TPSA) is 78.3 Å². The summed E-state index contributed by atoms with van der Waals surface area (Å²) in [5, 5.41) is 4.99. The summed E-state index contributed by atoms with van der Waals surface area (Å²) < 4.78 is 33.3. The largest absolute Gasteiger partial charge is 0.358 e. The van der Waals surface area contributed by atoms with E-state index in [0.717, 1.165) is 27.8 Å². The summed E-state index contributed by atoms with van der Waals surface area (Å²) in [7, 11) is -4.19. The maximum absolute atomic E-state index is 13.9. The molecule has 0 bridgehead atoms. The Morgan fingerprint density at radius 2 is 1.63 bits per heavy atom. The maximum atomic E-state index is 13.9. The normalized spacial score (nSPS) is 11.4. The van der Waals surface area contributed by atoms with Gasteiger partial charge >= 0.3 is 10.1 Å². The van der Waals surface area contributed by atoms with E-state index in [1.807, 2.05) is 41.5 Å². The second kappa shape index (κ2) is 10.4. The molecule has 2 aromatic carbocycles.